The summed E-state index contributed by atoms with van der Waals surface area (Å²) in [6, 6.07) is 2.33. The average molecular weight is 259 g/mol. The van der Waals surface area contributed by atoms with Crippen LogP contribution in [0.25, 0.3) is 0 Å². The van der Waals surface area contributed by atoms with E-state index in [0.717, 1.165) is 24.3 Å². The van der Waals surface area contributed by atoms with Gasteiger partial charge in [0.2, 0.25) is 0 Å². The molecular weight excluding hydrogens is 244 g/mol. The predicted molar refractivity (Wildman–Crippen MR) is 58.8 cm³/mol. The third-order valence-corrected chi connectivity index (χ3v) is 3.19. The second-order valence-electron chi connectivity index (χ2n) is 4.09. The number of nitrogens with two attached hydrogens (primary N) is 1. The molecule has 1 aliphatic heterocycles. The third kappa shape index (κ3) is 2.19. The Kier molecular flexibility index (Phi) is 2.95. The van der Waals surface area contributed by atoms with E-state index in [1.54, 1.807) is 6.26 Å². The van der Waals surface area contributed by atoms with Gasteiger partial charge in [-0.25, -0.2) is 0 Å². The number of halogens is 1. The summed E-state index contributed by atoms with van der Waals surface area (Å²) in [4.78, 5) is 2.37. The van der Waals surface area contributed by atoms with Crippen LogP contribution in [-0.2, 0) is 6.54 Å². The Morgan fingerprint density at radius 2 is 2.43 bits per heavy atom. The highest BCUT2D eigenvalue weighted by Crippen LogP contribution is 2.20. The monoisotopic (exact) mass is 258 g/mol. The van der Waals surface area contributed by atoms with Crippen molar-refractivity contribution >= 4 is 15.9 Å². The van der Waals surface area contributed by atoms with Crippen LogP contribution in [0.5, 0.6) is 0 Å². The van der Waals surface area contributed by atoms with E-state index in [1.807, 2.05) is 6.07 Å². The number of hydrogen-bond acceptors (Lipinski definition) is 3. The topological polar surface area (TPSA) is 42.4 Å². The molecule has 78 valence electrons. The van der Waals surface area contributed by atoms with E-state index in [0.29, 0.717) is 12.0 Å². The van der Waals surface area contributed by atoms with Gasteiger partial charge >= 0.3 is 0 Å². The molecule has 0 saturated carbocycles. The highest BCUT2D eigenvalue weighted by Gasteiger charge is 2.26. The first-order valence-electron chi connectivity index (χ1n) is 4.86. The summed E-state index contributed by atoms with van der Waals surface area (Å²) < 4.78 is 5.98. The molecule has 1 aromatic heterocycles. The van der Waals surface area contributed by atoms with E-state index in [1.165, 1.54) is 5.56 Å². The zero-order valence-electron chi connectivity index (χ0n) is 8.24. The van der Waals surface area contributed by atoms with Crippen molar-refractivity contribution in [1.29, 1.82) is 0 Å². The normalized spacial score (nSPS) is 28.5. The van der Waals surface area contributed by atoms with Crippen molar-refractivity contribution in [3.05, 3.63) is 22.6 Å². The first-order valence-corrected chi connectivity index (χ1v) is 5.65. The summed E-state index contributed by atoms with van der Waals surface area (Å²) >= 11 is 3.30. The Labute approximate surface area is 92.4 Å². The molecule has 2 heterocycles. The molecule has 2 unspecified atom stereocenters. The molecule has 3 nitrogen and oxygen atoms in total. The molecule has 14 heavy (non-hydrogen) atoms. The van der Waals surface area contributed by atoms with Crippen LogP contribution in [0.3, 0.4) is 0 Å². The Morgan fingerprint density at radius 1 is 1.64 bits per heavy atom. The van der Waals surface area contributed by atoms with Crippen LogP contribution in [-0.4, -0.2) is 24.0 Å². The zero-order chi connectivity index (χ0) is 10.1. The minimum absolute atomic E-state index is 0.324. The lowest BCUT2D eigenvalue weighted by Gasteiger charge is -2.13. The summed E-state index contributed by atoms with van der Waals surface area (Å²) in [7, 11) is 0. The summed E-state index contributed by atoms with van der Waals surface area (Å²) in [5.74, 6) is 0.602. The van der Waals surface area contributed by atoms with Gasteiger partial charge in [0.1, 0.15) is 0 Å². The molecule has 4 heteroatoms. The number of hydrogen-bond donors (Lipinski definition) is 1. The lowest BCUT2D eigenvalue weighted by atomic mass is 10.1. The van der Waals surface area contributed by atoms with E-state index >= 15 is 0 Å². The molecule has 0 aromatic carbocycles. The Bertz CT molecular complexity index is 303. The van der Waals surface area contributed by atoms with Crippen molar-refractivity contribution in [2.75, 3.05) is 13.1 Å². The Morgan fingerprint density at radius 3 is 2.93 bits per heavy atom. The molecule has 1 aromatic rings. The van der Waals surface area contributed by atoms with Crippen molar-refractivity contribution in [2.45, 2.75) is 19.5 Å². The molecule has 1 saturated heterocycles. The quantitative estimate of drug-likeness (QED) is 0.880. The van der Waals surface area contributed by atoms with Gasteiger partial charge in [-0.05, 0) is 27.9 Å². The number of furan rings is 1. The fourth-order valence-electron chi connectivity index (χ4n) is 1.91. The van der Waals surface area contributed by atoms with Crippen molar-refractivity contribution in [3.63, 3.8) is 0 Å². The molecule has 0 amide bonds. The largest absolute Gasteiger partial charge is 0.457 e. The highest BCUT2D eigenvalue weighted by molar-refractivity contribution is 9.10. The van der Waals surface area contributed by atoms with Crippen molar-refractivity contribution in [2.24, 2.45) is 11.7 Å². The number of nitrogens with zero attached hydrogens (tertiary/aromatic N) is 1. The van der Waals surface area contributed by atoms with Gasteiger partial charge in [-0.15, -0.1) is 0 Å². The first kappa shape index (κ1) is 10.2. The lowest BCUT2D eigenvalue weighted by Crippen LogP contribution is -2.28. The van der Waals surface area contributed by atoms with Gasteiger partial charge < -0.3 is 10.2 Å². The van der Waals surface area contributed by atoms with Crippen LogP contribution in [0, 0.1) is 5.92 Å². The molecule has 0 bridgehead atoms. The highest BCUT2D eigenvalue weighted by atomic mass is 79.9. The van der Waals surface area contributed by atoms with Crippen LogP contribution in [0.4, 0.5) is 0 Å². The standard InChI is InChI=1S/C10H15BrN2O/c1-7-3-13(5-9(7)12)4-8-2-10(11)14-6-8/h2,6-7,9H,3-5,12H2,1H3. The van der Waals surface area contributed by atoms with Crippen molar-refractivity contribution < 1.29 is 4.42 Å². The molecule has 0 spiro atoms. The summed E-state index contributed by atoms with van der Waals surface area (Å²) in [6.07, 6.45) is 1.79. The van der Waals surface area contributed by atoms with Crippen LogP contribution < -0.4 is 5.73 Å². The second kappa shape index (κ2) is 4.04. The molecule has 0 aliphatic carbocycles. The Balaban J connectivity index is 1.93. The smallest absolute Gasteiger partial charge is 0.169 e. The maximum Gasteiger partial charge on any atom is 0.169 e. The van der Waals surface area contributed by atoms with Crippen molar-refractivity contribution in [1.82, 2.24) is 4.90 Å². The molecule has 0 radical (unpaired) electrons. The molecule has 2 atom stereocenters. The molecule has 2 N–H and O–H groups in total. The second-order valence-corrected chi connectivity index (χ2v) is 4.88. The van der Waals surface area contributed by atoms with Gasteiger partial charge in [0, 0.05) is 31.2 Å². The molecular formula is C10H15BrN2O. The predicted octanol–water partition coefficient (Wildman–Crippen LogP) is 1.82. The zero-order valence-corrected chi connectivity index (χ0v) is 9.83. The maximum absolute atomic E-state index is 5.95. The van der Waals surface area contributed by atoms with E-state index in [9.17, 15) is 0 Å². The molecule has 1 fully saturated rings. The van der Waals surface area contributed by atoms with E-state index in [4.69, 9.17) is 10.2 Å². The SMILES string of the molecule is CC1CN(Cc2coc(Br)c2)CC1N. The summed E-state index contributed by atoms with van der Waals surface area (Å²) in [5.41, 5.74) is 7.16. The first-order chi connectivity index (χ1) is 6.65. The van der Waals surface area contributed by atoms with Gasteiger partial charge in [0.05, 0.1) is 6.26 Å². The van der Waals surface area contributed by atoms with E-state index in [2.05, 4.69) is 27.8 Å². The third-order valence-electron chi connectivity index (χ3n) is 2.77. The van der Waals surface area contributed by atoms with Gasteiger partial charge in [0.15, 0.2) is 4.67 Å². The minimum Gasteiger partial charge on any atom is -0.457 e. The van der Waals surface area contributed by atoms with Gasteiger partial charge in [-0.1, -0.05) is 6.92 Å². The maximum atomic E-state index is 5.95. The van der Waals surface area contributed by atoms with Crippen LogP contribution in [0.1, 0.15) is 12.5 Å². The number of rotatable bonds is 2. The summed E-state index contributed by atoms with van der Waals surface area (Å²) in [5, 5.41) is 0. The minimum atomic E-state index is 0.324. The van der Waals surface area contributed by atoms with Crippen LogP contribution >= 0.6 is 15.9 Å². The van der Waals surface area contributed by atoms with Gasteiger partial charge in [-0.2, -0.15) is 0 Å². The lowest BCUT2D eigenvalue weighted by molar-refractivity contribution is 0.317. The van der Waals surface area contributed by atoms with E-state index in [-0.39, 0.29) is 0 Å². The van der Waals surface area contributed by atoms with Crippen LogP contribution in [0.15, 0.2) is 21.4 Å². The summed E-state index contributed by atoms with van der Waals surface area (Å²) in [6.45, 7) is 5.22. The van der Waals surface area contributed by atoms with Crippen LogP contribution in [0.2, 0.25) is 0 Å². The van der Waals surface area contributed by atoms with Gasteiger partial charge in [-0.3, -0.25) is 4.90 Å². The Hall–Kier alpha value is -0.320. The fraction of sp³-hybridized carbons (Fsp3) is 0.600. The van der Waals surface area contributed by atoms with E-state index < -0.39 is 0 Å². The molecule has 1 aliphatic rings. The fourth-order valence-corrected chi connectivity index (χ4v) is 2.30. The molecule has 2 rings (SSSR count). The average Bonchev–Trinajstić information content (AvgIpc) is 2.62. The van der Waals surface area contributed by atoms with Crippen molar-refractivity contribution in [3.8, 4) is 0 Å². The number of likely N-dealkylation sites (tertiary alicyclic amines) is 1. The van der Waals surface area contributed by atoms with Gasteiger partial charge in [0.25, 0.3) is 0 Å².